The molecular weight excluding hydrogens is 243 g/mol. The second kappa shape index (κ2) is 4.98. The third kappa shape index (κ3) is 2.34. The Morgan fingerprint density at radius 3 is 2.06 bits per heavy atom. The second-order valence-corrected chi connectivity index (χ2v) is 5.64. The standard InChI is InChI=1S/C14H13BO2S/c1-11(18-12-7-3-2-4-8-12)15-16-13-9-5-6-10-14(13)17-15/h2-11H,1H3. The van der Waals surface area contributed by atoms with Crippen LogP contribution < -0.4 is 9.31 Å². The molecule has 2 aromatic carbocycles. The minimum absolute atomic E-state index is 0.215. The van der Waals surface area contributed by atoms with Crippen LogP contribution in [0, 0.1) is 0 Å². The van der Waals surface area contributed by atoms with Crippen LogP contribution in [0.2, 0.25) is 0 Å². The summed E-state index contributed by atoms with van der Waals surface area (Å²) in [6, 6.07) is 18.1. The fourth-order valence-corrected chi connectivity index (χ4v) is 2.85. The lowest BCUT2D eigenvalue weighted by Gasteiger charge is -2.12. The summed E-state index contributed by atoms with van der Waals surface area (Å²) in [5.74, 6) is 1.67. The summed E-state index contributed by atoms with van der Waals surface area (Å²) in [6.45, 7) is 2.12. The van der Waals surface area contributed by atoms with Crippen molar-refractivity contribution in [2.45, 2.75) is 17.0 Å². The summed E-state index contributed by atoms with van der Waals surface area (Å²) in [5, 5.41) is 0.236. The summed E-state index contributed by atoms with van der Waals surface area (Å²) in [4.78, 5) is 1.23. The highest BCUT2D eigenvalue weighted by Crippen LogP contribution is 2.36. The molecule has 1 aliphatic heterocycles. The van der Waals surface area contributed by atoms with Gasteiger partial charge in [0.05, 0.1) is 5.15 Å². The summed E-state index contributed by atoms with van der Waals surface area (Å²) >= 11 is 1.76. The number of thioether (sulfide) groups is 1. The van der Waals surface area contributed by atoms with Crippen LogP contribution in [0.1, 0.15) is 6.92 Å². The Morgan fingerprint density at radius 2 is 1.44 bits per heavy atom. The molecule has 2 aromatic rings. The monoisotopic (exact) mass is 256 g/mol. The highest BCUT2D eigenvalue weighted by Gasteiger charge is 2.37. The number of para-hydroxylation sites is 2. The maximum atomic E-state index is 5.80. The molecule has 0 radical (unpaired) electrons. The molecule has 0 amide bonds. The van der Waals surface area contributed by atoms with E-state index in [2.05, 4.69) is 19.1 Å². The van der Waals surface area contributed by atoms with Gasteiger partial charge in [-0.05, 0) is 24.3 Å². The zero-order valence-electron chi connectivity index (χ0n) is 10.1. The first-order chi connectivity index (χ1) is 8.83. The predicted molar refractivity (Wildman–Crippen MR) is 75.2 cm³/mol. The van der Waals surface area contributed by atoms with Gasteiger partial charge in [-0.3, -0.25) is 0 Å². The molecule has 0 spiro atoms. The van der Waals surface area contributed by atoms with E-state index >= 15 is 0 Å². The van der Waals surface area contributed by atoms with Gasteiger partial charge in [0, 0.05) is 4.90 Å². The van der Waals surface area contributed by atoms with Crippen LogP contribution in [-0.4, -0.2) is 12.3 Å². The van der Waals surface area contributed by atoms with Crippen molar-refractivity contribution in [3.8, 4) is 11.5 Å². The Hall–Kier alpha value is -1.55. The molecule has 0 saturated carbocycles. The van der Waals surface area contributed by atoms with E-state index in [1.807, 2.05) is 42.5 Å². The molecule has 1 aliphatic rings. The molecule has 90 valence electrons. The lowest BCUT2D eigenvalue weighted by Crippen LogP contribution is -2.35. The van der Waals surface area contributed by atoms with Crippen molar-refractivity contribution in [1.29, 1.82) is 0 Å². The van der Waals surface area contributed by atoms with Crippen LogP contribution >= 0.6 is 11.8 Å². The van der Waals surface area contributed by atoms with E-state index in [1.54, 1.807) is 11.8 Å². The van der Waals surface area contributed by atoms with Crippen molar-refractivity contribution in [3.05, 3.63) is 54.6 Å². The summed E-state index contributed by atoms with van der Waals surface area (Å²) < 4.78 is 11.6. The molecule has 18 heavy (non-hydrogen) atoms. The van der Waals surface area contributed by atoms with Gasteiger partial charge in [0.1, 0.15) is 11.5 Å². The highest BCUT2D eigenvalue weighted by atomic mass is 32.2. The normalized spacial score (nSPS) is 14.6. The Morgan fingerprint density at radius 1 is 0.889 bits per heavy atom. The zero-order chi connectivity index (χ0) is 12.4. The fraction of sp³-hybridized carbons (Fsp3) is 0.143. The minimum Gasteiger partial charge on any atom is -0.522 e. The molecule has 0 N–H and O–H groups in total. The van der Waals surface area contributed by atoms with E-state index in [9.17, 15) is 0 Å². The smallest absolute Gasteiger partial charge is 0.522 e. The van der Waals surface area contributed by atoms with Gasteiger partial charge in [-0.15, -0.1) is 11.8 Å². The van der Waals surface area contributed by atoms with Crippen LogP contribution in [0.15, 0.2) is 59.5 Å². The Balaban J connectivity index is 1.67. The van der Waals surface area contributed by atoms with Gasteiger partial charge >= 0.3 is 7.12 Å². The van der Waals surface area contributed by atoms with Gasteiger partial charge in [0.25, 0.3) is 0 Å². The first kappa shape index (κ1) is 11.5. The van der Waals surface area contributed by atoms with Gasteiger partial charge < -0.3 is 9.31 Å². The maximum absolute atomic E-state index is 5.80. The van der Waals surface area contributed by atoms with Gasteiger partial charge in [0.15, 0.2) is 0 Å². The van der Waals surface area contributed by atoms with Crippen LogP contribution in [0.5, 0.6) is 11.5 Å². The molecular formula is C14H13BO2S. The Labute approximate surface area is 111 Å². The molecule has 1 heterocycles. The summed E-state index contributed by atoms with van der Waals surface area (Å²) in [5.41, 5.74) is 0. The first-order valence-corrected chi connectivity index (χ1v) is 6.85. The lowest BCUT2D eigenvalue weighted by atomic mass is 9.86. The maximum Gasteiger partial charge on any atom is 0.608 e. The van der Waals surface area contributed by atoms with Gasteiger partial charge in [-0.1, -0.05) is 37.3 Å². The minimum atomic E-state index is -0.215. The molecule has 1 unspecified atom stereocenters. The molecule has 0 aromatic heterocycles. The third-order valence-electron chi connectivity index (χ3n) is 2.78. The topological polar surface area (TPSA) is 18.5 Å². The van der Waals surface area contributed by atoms with Crippen LogP contribution in [-0.2, 0) is 0 Å². The molecule has 1 atom stereocenters. The molecule has 4 heteroatoms. The van der Waals surface area contributed by atoms with Crippen molar-refractivity contribution >= 4 is 18.9 Å². The molecule has 2 nitrogen and oxygen atoms in total. The van der Waals surface area contributed by atoms with E-state index in [0.717, 1.165) is 11.5 Å². The zero-order valence-corrected chi connectivity index (χ0v) is 10.9. The molecule has 0 bridgehead atoms. The highest BCUT2D eigenvalue weighted by molar-refractivity contribution is 8.01. The van der Waals surface area contributed by atoms with Crippen molar-refractivity contribution in [2.75, 3.05) is 0 Å². The predicted octanol–water partition coefficient (Wildman–Crippen LogP) is 3.67. The van der Waals surface area contributed by atoms with E-state index in [1.165, 1.54) is 4.90 Å². The third-order valence-corrected chi connectivity index (χ3v) is 3.92. The van der Waals surface area contributed by atoms with Gasteiger partial charge in [-0.2, -0.15) is 0 Å². The van der Waals surface area contributed by atoms with Crippen molar-refractivity contribution in [1.82, 2.24) is 0 Å². The van der Waals surface area contributed by atoms with E-state index in [0.29, 0.717) is 0 Å². The second-order valence-electron chi connectivity index (χ2n) is 4.19. The van der Waals surface area contributed by atoms with Crippen molar-refractivity contribution < 1.29 is 9.31 Å². The number of fused-ring (bicyclic) bond motifs is 1. The summed E-state index contributed by atoms with van der Waals surface area (Å²) in [7, 11) is -0.215. The van der Waals surface area contributed by atoms with E-state index in [-0.39, 0.29) is 12.3 Å². The SMILES string of the molecule is CC(Sc1ccccc1)B1Oc2ccccc2O1. The van der Waals surface area contributed by atoms with Gasteiger partial charge in [-0.25, -0.2) is 0 Å². The average Bonchev–Trinajstić information content (AvgIpc) is 2.84. The quantitative estimate of drug-likeness (QED) is 0.616. The fourth-order valence-electron chi connectivity index (χ4n) is 1.88. The van der Waals surface area contributed by atoms with Crippen molar-refractivity contribution in [3.63, 3.8) is 0 Å². The molecule has 0 aliphatic carbocycles. The number of hydrogen-bond acceptors (Lipinski definition) is 3. The number of benzene rings is 2. The number of hydrogen-bond donors (Lipinski definition) is 0. The van der Waals surface area contributed by atoms with Crippen LogP contribution in [0.25, 0.3) is 0 Å². The number of rotatable bonds is 3. The molecule has 3 rings (SSSR count). The average molecular weight is 256 g/mol. The lowest BCUT2D eigenvalue weighted by molar-refractivity contribution is 0.496. The van der Waals surface area contributed by atoms with E-state index < -0.39 is 0 Å². The van der Waals surface area contributed by atoms with Crippen LogP contribution in [0.3, 0.4) is 0 Å². The Bertz CT molecular complexity index is 507. The van der Waals surface area contributed by atoms with Gasteiger partial charge in [0.2, 0.25) is 0 Å². The summed E-state index contributed by atoms with van der Waals surface area (Å²) in [6.07, 6.45) is 0. The van der Waals surface area contributed by atoms with Crippen LogP contribution in [0.4, 0.5) is 0 Å². The van der Waals surface area contributed by atoms with Crippen molar-refractivity contribution in [2.24, 2.45) is 0 Å². The Kier molecular flexibility index (Phi) is 3.20. The molecule has 0 fully saturated rings. The molecule has 0 saturated heterocycles. The first-order valence-electron chi connectivity index (χ1n) is 5.97. The van der Waals surface area contributed by atoms with E-state index in [4.69, 9.17) is 9.31 Å². The largest absolute Gasteiger partial charge is 0.608 e.